The Morgan fingerprint density at radius 2 is 2.14 bits per heavy atom. The molecule has 0 amide bonds. The molecule has 14 heavy (non-hydrogen) atoms. The van der Waals surface area contributed by atoms with E-state index in [4.69, 9.17) is 5.73 Å². The Labute approximate surface area is 85.7 Å². The Bertz CT molecular complexity index is 266. The van der Waals surface area contributed by atoms with Gasteiger partial charge in [0.2, 0.25) is 0 Å². The number of rotatable bonds is 4. The zero-order valence-electron chi connectivity index (χ0n) is 9.12. The van der Waals surface area contributed by atoms with Gasteiger partial charge in [0.05, 0.1) is 0 Å². The van der Waals surface area contributed by atoms with Crippen LogP contribution in [0.1, 0.15) is 38.8 Å². The zero-order chi connectivity index (χ0) is 10.6. The molecular formula is C11H19N3. The van der Waals surface area contributed by atoms with Crippen LogP contribution in [0.25, 0.3) is 0 Å². The third-order valence-electron chi connectivity index (χ3n) is 2.09. The van der Waals surface area contributed by atoms with E-state index < -0.39 is 0 Å². The molecule has 0 aliphatic carbocycles. The maximum atomic E-state index is 5.89. The van der Waals surface area contributed by atoms with Crippen LogP contribution in [-0.4, -0.2) is 11.0 Å². The molecule has 0 radical (unpaired) electrons. The number of hydrogen-bond acceptors (Lipinski definition) is 3. The number of nitrogens with zero attached hydrogens (tertiary/aromatic N) is 1. The highest BCUT2D eigenvalue weighted by Gasteiger charge is 2.03. The average Bonchev–Trinajstić information content (AvgIpc) is 2.17. The molecule has 1 atom stereocenters. The van der Waals surface area contributed by atoms with Gasteiger partial charge in [-0.15, -0.1) is 0 Å². The summed E-state index contributed by atoms with van der Waals surface area (Å²) in [6.07, 6.45) is 2.79. The second kappa shape index (κ2) is 4.96. The van der Waals surface area contributed by atoms with Crippen molar-refractivity contribution in [2.75, 3.05) is 5.32 Å². The van der Waals surface area contributed by atoms with E-state index in [1.807, 2.05) is 18.3 Å². The first kappa shape index (κ1) is 11.0. The smallest absolute Gasteiger partial charge is 0.126 e. The largest absolute Gasteiger partial charge is 0.368 e. The fraction of sp³-hybridized carbons (Fsp3) is 0.545. The van der Waals surface area contributed by atoms with E-state index >= 15 is 0 Å². The van der Waals surface area contributed by atoms with Crippen molar-refractivity contribution >= 4 is 5.82 Å². The molecule has 0 saturated carbocycles. The summed E-state index contributed by atoms with van der Waals surface area (Å²) in [5.41, 5.74) is 6.98. The fourth-order valence-corrected chi connectivity index (χ4v) is 1.24. The van der Waals surface area contributed by atoms with Crippen LogP contribution in [0.15, 0.2) is 18.3 Å². The van der Waals surface area contributed by atoms with E-state index in [2.05, 4.69) is 31.1 Å². The van der Waals surface area contributed by atoms with Crippen molar-refractivity contribution in [1.82, 2.24) is 4.98 Å². The summed E-state index contributed by atoms with van der Waals surface area (Å²) in [7, 11) is 0. The highest BCUT2D eigenvalue weighted by molar-refractivity contribution is 5.36. The van der Waals surface area contributed by atoms with Crippen molar-refractivity contribution in [3.63, 3.8) is 0 Å². The minimum atomic E-state index is 0.107. The molecule has 0 spiro atoms. The van der Waals surface area contributed by atoms with E-state index in [-0.39, 0.29) is 6.04 Å². The predicted molar refractivity (Wildman–Crippen MR) is 60.2 cm³/mol. The molecule has 78 valence electrons. The average molecular weight is 193 g/mol. The minimum Gasteiger partial charge on any atom is -0.368 e. The lowest BCUT2D eigenvalue weighted by atomic mass is 10.1. The second-order valence-electron chi connectivity index (χ2n) is 3.79. The van der Waals surface area contributed by atoms with Gasteiger partial charge in [-0.05, 0) is 31.9 Å². The van der Waals surface area contributed by atoms with Crippen LogP contribution in [0.4, 0.5) is 5.82 Å². The summed E-state index contributed by atoms with van der Waals surface area (Å²) >= 11 is 0. The van der Waals surface area contributed by atoms with Crippen LogP contribution in [0.5, 0.6) is 0 Å². The first-order chi connectivity index (χ1) is 6.63. The highest BCUT2D eigenvalue weighted by atomic mass is 15.0. The first-order valence-corrected chi connectivity index (χ1v) is 5.11. The van der Waals surface area contributed by atoms with Crippen molar-refractivity contribution in [3.8, 4) is 0 Å². The summed E-state index contributed by atoms with van der Waals surface area (Å²) < 4.78 is 0. The van der Waals surface area contributed by atoms with E-state index in [1.54, 1.807) is 0 Å². The Morgan fingerprint density at radius 1 is 1.43 bits per heavy atom. The molecular weight excluding hydrogens is 174 g/mol. The van der Waals surface area contributed by atoms with Crippen molar-refractivity contribution < 1.29 is 0 Å². The van der Waals surface area contributed by atoms with Crippen molar-refractivity contribution in [3.05, 3.63) is 23.9 Å². The molecule has 3 heteroatoms. The van der Waals surface area contributed by atoms with Gasteiger partial charge in [-0.1, -0.05) is 13.0 Å². The molecule has 0 aliphatic rings. The molecule has 1 aromatic rings. The molecule has 0 bridgehead atoms. The van der Waals surface area contributed by atoms with Crippen molar-refractivity contribution in [2.45, 2.75) is 39.3 Å². The van der Waals surface area contributed by atoms with Gasteiger partial charge >= 0.3 is 0 Å². The van der Waals surface area contributed by atoms with Gasteiger partial charge in [-0.3, -0.25) is 0 Å². The lowest BCUT2D eigenvalue weighted by Crippen LogP contribution is -2.12. The van der Waals surface area contributed by atoms with Crippen LogP contribution in [0.2, 0.25) is 0 Å². The molecule has 0 aromatic carbocycles. The van der Waals surface area contributed by atoms with E-state index in [9.17, 15) is 0 Å². The van der Waals surface area contributed by atoms with Gasteiger partial charge in [0.1, 0.15) is 5.82 Å². The van der Waals surface area contributed by atoms with Gasteiger partial charge in [-0.2, -0.15) is 0 Å². The van der Waals surface area contributed by atoms with Crippen LogP contribution in [-0.2, 0) is 0 Å². The minimum absolute atomic E-state index is 0.107. The molecule has 0 saturated heterocycles. The van der Waals surface area contributed by atoms with Crippen LogP contribution in [0.3, 0.4) is 0 Å². The van der Waals surface area contributed by atoms with Crippen molar-refractivity contribution in [1.29, 1.82) is 0 Å². The number of hydrogen-bond donors (Lipinski definition) is 2. The summed E-state index contributed by atoms with van der Waals surface area (Å²) in [6.45, 7) is 6.26. The zero-order valence-corrected chi connectivity index (χ0v) is 9.12. The highest BCUT2D eigenvalue weighted by Crippen LogP contribution is 2.14. The van der Waals surface area contributed by atoms with Crippen molar-refractivity contribution in [2.24, 2.45) is 5.73 Å². The molecule has 3 N–H and O–H groups in total. The Morgan fingerprint density at radius 3 is 2.57 bits per heavy atom. The summed E-state index contributed by atoms with van der Waals surface area (Å²) in [6, 6.07) is 4.53. The molecule has 0 fully saturated rings. The topological polar surface area (TPSA) is 50.9 Å². The standard InChI is InChI=1S/C11H19N3/c1-4-10(12)9-5-6-11(13-7-9)14-8(2)3/h5-8,10H,4,12H2,1-3H3,(H,13,14)/t10-/m0/s1. The Kier molecular flexibility index (Phi) is 3.89. The number of nitrogens with one attached hydrogen (secondary N) is 1. The Hall–Kier alpha value is -1.09. The lowest BCUT2D eigenvalue weighted by Gasteiger charge is -2.11. The van der Waals surface area contributed by atoms with Gasteiger partial charge in [0.25, 0.3) is 0 Å². The maximum Gasteiger partial charge on any atom is 0.126 e. The molecule has 0 aliphatic heterocycles. The van der Waals surface area contributed by atoms with E-state index in [0.717, 1.165) is 17.8 Å². The maximum absolute atomic E-state index is 5.89. The summed E-state index contributed by atoms with van der Waals surface area (Å²) in [4.78, 5) is 4.30. The first-order valence-electron chi connectivity index (χ1n) is 5.11. The second-order valence-corrected chi connectivity index (χ2v) is 3.79. The number of pyridine rings is 1. The van der Waals surface area contributed by atoms with E-state index in [0.29, 0.717) is 6.04 Å². The van der Waals surface area contributed by atoms with Gasteiger partial charge in [0.15, 0.2) is 0 Å². The predicted octanol–water partition coefficient (Wildman–Crippen LogP) is 2.31. The number of aromatic nitrogens is 1. The van der Waals surface area contributed by atoms with Gasteiger partial charge in [-0.25, -0.2) is 4.98 Å². The Balaban J connectivity index is 2.68. The van der Waals surface area contributed by atoms with Crippen LogP contribution in [0, 0.1) is 0 Å². The third-order valence-corrected chi connectivity index (χ3v) is 2.09. The molecule has 1 aromatic heterocycles. The number of anilines is 1. The van der Waals surface area contributed by atoms with E-state index in [1.165, 1.54) is 0 Å². The molecule has 3 nitrogen and oxygen atoms in total. The van der Waals surface area contributed by atoms with Crippen LogP contribution >= 0.6 is 0 Å². The SMILES string of the molecule is CC[C@H](N)c1ccc(NC(C)C)nc1. The molecule has 1 rings (SSSR count). The lowest BCUT2D eigenvalue weighted by molar-refractivity contribution is 0.695. The normalized spacial score (nSPS) is 12.9. The van der Waals surface area contributed by atoms with Crippen LogP contribution < -0.4 is 11.1 Å². The van der Waals surface area contributed by atoms with Gasteiger partial charge in [0, 0.05) is 18.3 Å². The monoisotopic (exact) mass is 193 g/mol. The third kappa shape index (κ3) is 3.00. The quantitative estimate of drug-likeness (QED) is 0.771. The number of nitrogens with two attached hydrogens (primary N) is 1. The molecule has 1 heterocycles. The summed E-state index contributed by atoms with van der Waals surface area (Å²) in [5.74, 6) is 0.909. The van der Waals surface area contributed by atoms with Gasteiger partial charge < -0.3 is 11.1 Å². The molecule has 0 unspecified atom stereocenters. The summed E-state index contributed by atoms with van der Waals surface area (Å²) in [5, 5.41) is 3.24. The fourth-order valence-electron chi connectivity index (χ4n) is 1.24.